The van der Waals surface area contributed by atoms with Crippen molar-refractivity contribution >= 4 is 23.5 Å². The summed E-state index contributed by atoms with van der Waals surface area (Å²) in [4.78, 5) is 23.0. The van der Waals surface area contributed by atoms with Gasteiger partial charge in [-0.2, -0.15) is 0 Å². The number of hydrogen-bond acceptors (Lipinski definition) is 4. The van der Waals surface area contributed by atoms with Crippen LogP contribution >= 0.6 is 11.6 Å². The molecule has 2 rings (SSSR count). The second-order valence-corrected chi connectivity index (χ2v) is 5.14. The number of rotatable bonds is 4. The maximum absolute atomic E-state index is 12.0. The van der Waals surface area contributed by atoms with Crippen molar-refractivity contribution in [1.82, 2.24) is 15.5 Å². The fraction of sp³-hybridized carbons (Fsp3) is 0.500. The summed E-state index contributed by atoms with van der Waals surface area (Å²) in [7, 11) is 0. The Morgan fingerprint density at radius 2 is 2.00 bits per heavy atom. The van der Waals surface area contributed by atoms with Crippen molar-refractivity contribution in [3.8, 4) is 0 Å². The van der Waals surface area contributed by atoms with E-state index in [-0.39, 0.29) is 17.3 Å². The lowest BCUT2D eigenvalue weighted by molar-refractivity contribution is -0.138. The summed E-state index contributed by atoms with van der Waals surface area (Å²) in [6.45, 7) is 0. The highest BCUT2D eigenvalue weighted by atomic mass is 35.5. The third kappa shape index (κ3) is 3.41. The lowest BCUT2D eigenvalue weighted by atomic mass is 9.93. The summed E-state index contributed by atoms with van der Waals surface area (Å²) in [5.74, 6) is -1.32. The molecule has 1 heterocycles. The van der Waals surface area contributed by atoms with Gasteiger partial charge in [-0.05, 0) is 25.0 Å². The van der Waals surface area contributed by atoms with Gasteiger partial charge in [0.05, 0.1) is 12.0 Å². The molecule has 0 atom stereocenters. The first-order chi connectivity index (χ1) is 9.01. The van der Waals surface area contributed by atoms with Crippen molar-refractivity contribution in [2.45, 2.75) is 37.6 Å². The zero-order valence-electron chi connectivity index (χ0n) is 10.2. The zero-order chi connectivity index (χ0) is 13.9. The summed E-state index contributed by atoms with van der Waals surface area (Å²) >= 11 is 5.60. The smallest absolute Gasteiger partial charge is 0.305 e. The minimum Gasteiger partial charge on any atom is -0.481 e. The van der Waals surface area contributed by atoms with Crippen molar-refractivity contribution < 1.29 is 14.7 Å². The van der Waals surface area contributed by atoms with Crippen molar-refractivity contribution in [1.29, 1.82) is 0 Å². The minimum absolute atomic E-state index is 0.0697. The molecule has 19 heavy (non-hydrogen) atoms. The average Bonchev–Trinajstić information content (AvgIpc) is 2.77. The number of hydrogen-bond donors (Lipinski definition) is 2. The molecule has 1 aliphatic rings. The van der Waals surface area contributed by atoms with E-state index in [0.717, 1.165) is 12.8 Å². The summed E-state index contributed by atoms with van der Waals surface area (Å²) < 4.78 is 0. The molecule has 102 valence electrons. The molecule has 0 aliphatic heterocycles. The predicted octanol–water partition coefficient (Wildman–Crippen LogP) is 1.65. The molecule has 2 N–H and O–H groups in total. The van der Waals surface area contributed by atoms with E-state index in [1.807, 2.05) is 0 Å². The molecule has 1 aliphatic carbocycles. The van der Waals surface area contributed by atoms with Crippen molar-refractivity contribution in [3.05, 3.63) is 23.0 Å². The number of carbonyl (C=O) groups is 2. The van der Waals surface area contributed by atoms with Crippen LogP contribution < -0.4 is 5.32 Å². The lowest BCUT2D eigenvalue weighted by Crippen LogP contribution is -2.48. The molecule has 0 unspecified atom stereocenters. The summed E-state index contributed by atoms with van der Waals surface area (Å²) in [5, 5.41) is 19.2. The van der Waals surface area contributed by atoms with Gasteiger partial charge in [-0.3, -0.25) is 9.59 Å². The molecule has 0 saturated heterocycles. The first-order valence-electron chi connectivity index (χ1n) is 6.04. The number of nitrogens with zero attached hydrogens (tertiary/aromatic N) is 2. The Bertz CT molecular complexity index is 483. The summed E-state index contributed by atoms with van der Waals surface area (Å²) in [6, 6.07) is 2.94. The molecule has 1 aromatic heterocycles. The van der Waals surface area contributed by atoms with Gasteiger partial charge in [-0.1, -0.05) is 24.4 Å². The van der Waals surface area contributed by atoms with E-state index in [4.69, 9.17) is 16.7 Å². The largest absolute Gasteiger partial charge is 0.481 e. The maximum Gasteiger partial charge on any atom is 0.305 e. The highest BCUT2D eigenvalue weighted by Gasteiger charge is 2.37. The van der Waals surface area contributed by atoms with E-state index in [1.165, 1.54) is 12.1 Å². The van der Waals surface area contributed by atoms with E-state index in [1.54, 1.807) is 0 Å². The number of carboxylic acids is 1. The van der Waals surface area contributed by atoms with E-state index >= 15 is 0 Å². The van der Waals surface area contributed by atoms with Gasteiger partial charge in [-0.15, -0.1) is 10.2 Å². The lowest BCUT2D eigenvalue weighted by Gasteiger charge is -2.28. The fourth-order valence-electron chi connectivity index (χ4n) is 2.43. The number of amides is 1. The molecule has 0 bridgehead atoms. The number of carboxylic acid groups (broad SMARTS) is 1. The molecule has 0 spiro atoms. The zero-order valence-corrected chi connectivity index (χ0v) is 11.0. The van der Waals surface area contributed by atoms with Gasteiger partial charge in [0.2, 0.25) is 0 Å². The summed E-state index contributed by atoms with van der Waals surface area (Å²) in [6.07, 6.45) is 3.11. The third-order valence-corrected chi connectivity index (χ3v) is 3.50. The van der Waals surface area contributed by atoms with Crippen LogP contribution in [0.1, 0.15) is 42.6 Å². The fourth-order valence-corrected chi connectivity index (χ4v) is 2.53. The second kappa shape index (κ2) is 5.52. The van der Waals surface area contributed by atoms with Crippen LogP contribution in [-0.4, -0.2) is 32.7 Å². The quantitative estimate of drug-likeness (QED) is 0.876. The monoisotopic (exact) mass is 283 g/mol. The van der Waals surface area contributed by atoms with Crippen LogP contribution in [0.25, 0.3) is 0 Å². The van der Waals surface area contributed by atoms with Gasteiger partial charge in [0.25, 0.3) is 5.91 Å². The maximum atomic E-state index is 12.0. The van der Waals surface area contributed by atoms with Crippen LogP contribution in [0, 0.1) is 0 Å². The van der Waals surface area contributed by atoms with Crippen LogP contribution in [0.5, 0.6) is 0 Å². The van der Waals surface area contributed by atoms with Gasteiger partial charge in [0.15, 0.2) is 10.8 Å². The Balaban J connectivity index is 2.11. The molecule has 6 nitrogen and oxygen atoms in total. The SMILES string of the molecule is O=C(O)CC1(NC(=O)c2ccc(Cl)nn2)CCCC1. The van der Waals surface area contributed by atoms with Crippen LogP contribution in [0.2, 0.25) is 5.15 Å². The van der Waals surface area contributed by atoms with Gasteiger partial charge in [0.1, 0.15) is 0 Å². The topological polar surface area (TPSA) is 92.2 Å². The minimum atomic E-state index is -0.913. The third-order valence-electron chi connectivity index (χ3n) is 3.29. The Labute approximate surface area is 115 Å². The molecule has 1 fully saturated rings. The normalized spacial score (nSPS) is 17.1. The van der Waals surface area contributed by atoms with E-state index in [2.05, 4.69) is 15.5 Å². The molecule has 0 radical (unpaired) electrons. The van der Waals surface area contributed by atoms with E-state index in [9.17, 15) is 9.59 Å². The Kier molecular flexibility index (Phi) is 3.99. The molecule has 7 heteroatoms. The highest BCUT2D eigenvalue weighted by Crippen LogP contribution is 2.32. The van der Waals surface area contributed by atoms with Crippen molar-refractivity contribution in [2.24, 2.45) is 0 Å². The molecule has 0 aromatic carbocycles. The van der Waals surface area contributed by atoms with Crippen LogP contribution in [-0.2, 0) is 4.79 Å². The number of carbonyl (C=O) groups excluding carboxylic acids is 1. The van der Waals surface area contributed by atoms with Crippen molar-refractivity contribution in [2.75, 3.05) is 0 Å². The first kappa shape index (κ1) is 13.7. The Morgan fingerprint density at radius 1 is 1.32 bits per heavy atom. The molecular formula is C12H14ClN3O3. The van der Waals surface area contributed by atoms with Gasteiger partial charge in [-0.25, -0.2) is 0 Å². The van der Waals surface area contributed by atoms with Crippen LogP contribution in [0.3, 0.4) is 0 Å². The second-order valence-electron chi connectivity index (χ2n) is 4.75. The number of aliphatic carboxylic acids is 1. The first-order valence-corrected chi connectivity index (χ1v) is 6.42. The van der Waals surface area contributed by atoms with Crippen molar-refractivity contribution in [3.63, 3.8) is 0 Å². The van der Waals surface area contributed by atoms with Crippen LogP contribution in [0.15, 0.2) is 12.1 Å². The standard InChI is InChI=1S/C12H14ClN3O3/c13-9-4-3-8(15-16-9)11(19)14-12(7-10(17)18)5-1-2-6-12/h3-4H,1-2,5-7H2,(H,14,19)(H,17,18). The number of nitrogens with one attached hydrogen (secondary N) is 1. The molecule has 1 aromatic rings. The predicted molar refractivity (Wildman–Crippen MR) is 68.0 cm³/mol. The van der Waals surface area contributed by atoms with E-state index < -0.39 is 17.4 Å². The molecular weight excluding hydrogens is 270 g/mol. The number of halogens is 1. The van der Waals surface area contributed by atoms with Gasteiger partial charge in [0, 0.05) is 0 Å². The van der Waals surface area contributed by atoms with Gasteiger partial charge >= 0.3 is 5.97 Å². The molecule has 1 saturated carbocycles. The number of aromatic nitrogens is 2. The summed E-state index contributed by atoms with van der Waals surface area (Å²) in [5.41, 5.74) is -0.523. The Hall–Kier alpha value is -1.69. The van der Waals surface area contributed by atoms with E-state index in [0.29, 0.717) is 12.8 Å². The van der Waals surface area contributed by atoms with Gasteiger partial charge < -0.3 is 10.4 Å². The average molecular weight is 284 g/mol. The Morgan fingerprint density at radius 3 is 2.53 bits per heavy atom. The highest BCUT2D eigenvalue weighted by molar-refractivity contribution is 6.29. The molecule has 1 amide bonds. The van der Waals surface area contributed by atoms with Crippen LogP contribution in [0.4, 0.5) is 0 Å².